The van der Waals surface area contributed by atoms with E-state index in [9.17, 15) is 14.4 Å². The Labute approximate surface area is 160 Å². The van der Waals surface area contributed by atoms with Gasteiger partial charge in [-0.2, -0.15) is 5.01 Å². The Morgan fingerprint density at radius 3 is 2.43 bits per heavy atom. The van der Waals surface area contributed by atoms with Crippen LogP contribution in [0.2, 0.25) is 0 Å². The number of imide groups is 1. The van der Waals surface area contributed by atoms with Crippen molar-refractivity contribution < 1.29 is 14.4 Å². The van der Waals surface area contributed by atoms with Crippen LogP contribution < -0.4 is 10.7 Å². The van der Waals surface area contributed by atoms with E-state index in [0.29, 0.717) is 11.1 Å². The van der Waals surface area contributed by atoms with Gasteiger partial charge in [-0.15, -0.1) is 0 Å². The number of carbonyl (C=O) groups excluding carboxylic acids is 3. The second-order valence-corrected chi connectivity index (χ2v) is 6.52. The fourth-order valence-electron chi connectivity index (χ4n) is 3.07. The monoisotopic (exact) mass is 375 g/mol. The van der Waals surface area contributed by atoms with Crippen molar-refractivity contribution >= 4 is 17.8 Å². The maximum Gasteiger partial charge on any atom is 0.344 e. The van der Waals surface area contributed by atoms with Crippen LogP contribution in [-0.4, -0.2) is 32.4 Å². The summed E-state index contributed by atoms with van der Waals surface area (Å²) >= 11 is 0. The summed E-state index contributed by atoms with van der Waals surface area (Å²) in [6.07, 6.45) is 5.08. The van der Waals surface area contributed by atoms with Crippen LogP contribution >= 0.6 is 0 Å². The summed E-state index contributed by atoms with van der Waals surface area (Å²) in [4.78, 5) is 41.7. The predicted octanol–water partition coefficient (Wildman–Crippen LogP) is 1.98. The van der Waals surface area contributed by atoms with Gasteiger partial charge in [-0.25, -0.2) is 9.78 Å². The molecule has 4 rings (SSSR count). The third-order valence-corrected chi connectivity index (χ3v) is 4.69. The molecule has 0 saturated carbocycles. The molecule has 0 spiro atoms. The summed E-state index contributed by atoms with van der Waals surface area (Å²) in [5.74, 6) is -1.11. The SMILES string of the molecule is CC1(c2ccccc2)NC(=O)N(NC(=O)c2ccc(-n3ccnc3)cc2)C1=O. The van der Waals surface area contributed by atoms with Gasteiger partial charge in [-0.05, 0) is 36.8 Å². The predicted molar refractivity (Wildman–Crippen MR) is 100 cm³/mol. The van der Waals surface area contributed by atoms with Gasteiger partial charge in [0.2, 0.25) is 0 Å². The Bertz CT molecular complexity index is 1030. The standard InChI is InChI=1S/C20H17N5O3/c1-20(15-5-3-2-4-6-15)18(27)25(19(28)22-20)23-17(26)14-7-9-16(10-8-14)24-12-11-21-13-24/h2-13H,1H3,(H,22,28)(H,23,26). The first-order valence-electron chi connectivity index (χ1n) is 8.60. The van der Waals surface area contributed by atoms with Crippen LogP contribution in [0.25, 0.3) is 5.69 Å². The van der Waals surface area contributed by atoms with Gasteiger partial charge in [0, 0.05) is 23.6 Å². The largest absolute Gasteiger partial charge is 0.344 e. The van der Waals surface area contributed by atoms with E-state index >= 15 is 0 Å². The lowest BCUT2D eigenvalue weighted by molar-refractivity contribution is -0.132. The number of aromatic nitrogens is 2. The molecule has 2 N–H and O–H groups in total. The number of amides is 4. The van der Waals surface area contributed by atoms with Crippen LogP contribution in [0.3, 0.4) is 0 Å². The van der Waals surface area contributed by atoms with Gasteiger partial charge in [0.05, 0.1) is 6.33 Å². The fraction of sp³-hybridized carbons (Fsp3) is 0.100. The topological polar surface area (TPSA) is 96.3 Å². The molecule has 3 aromatic rings. The number of hydrogen-bond acceptors (Lipinski definition) is 4. The minimum atomic E-state index is -1.24. The van der Waals surface area contributed by atoms with Crippen molar-refractivity contribution in [1.29, 1.82) is 0 Å². The summed E-state index contributed by atoms with van der Waals surface area (Å²) < 4.78 is 1.80. The summed E-state index contributed by atoms with van der Waals surface area (Å²) in [6.45, 7) is 1.61. The van der Waals surface area contributed by atoms with Crippen molar-refractivity contribution in [2.45, 2.75) is 12.5 Å². The van der Waals surface area contributed by atoms with E-state index in [1.807, 2.05) is 6.07 Å². The lowest BCUT2D eigenvalue weighted by atomic mass is 9.92. The zero-order valence-corrected chi connectivity index (χ0v) is 15.0. The maximum absolute atomic E-state index is 12.8. The number of benzene rings is 2. The molecule has 1 atom stereocenters. The summed E-state index contributed by atoms with van der Waals surface area (Å²) in [6, 6.07) is 14.9. The molecule has 8 heteroatoms. The summed E-state index contributed by atoms with van der Waals surface area (Å²) in [5.41, 5.74) is 2.93. The second kappa shape index (κ2) is 6.66. The Morgan fingerprint density at radius 2 is 1.79 bits per heavy atom. The van der Waals surface area contributed by atoms with Crippen LogP contribution in [0, 0.1) is 0 Å². The van der Waals surface area contributed by atoms with Gasteiger partial charge in [0.1, 0.15) is 5.54 Å². The molecule has 1 aliphatic rings. The highest BCUT2D eigenvalue weighted by Crippen LogP contribution is 2.27. The molecular weight excluding hydrogens is 358 g/mol. The van der Waals surface area contributed by atoms with Crippen molar-refractivity contribution in [3.63, 3.8) is 0 Å². The fourth-order valence-corrected chi connectivity index (χ4v) is 3.07. The van der Waals surface area contributed by atoms with E-state index in [1.165, 1.54) is 0 Å². The number of rotatable bonds is 4. The molecule has 140 valence electrons. The Balaban J connectivity index is 1.51. The molecule has 1 fully saturated rings. The van der Waals surface area contributed by atoms with Gasteiger partial charge in [-0.1, -0.05) is 30.3 Å². The number of hydrogen-bond donors (Lipinski definition) is 2. The van der Waals surface area contributed by atoms with E-state index in [-0.39, 0.29) is 0 Å². The number of hydrazine groups is 1. The minimum absolute atomic E-state index is 0.317. The molecule has 0 bridgehead atoms. The van der Waals surface area contributed by atoms with Crippen molar-refractivity contribution in [2.75, 3.05) is 0 Å². The average Bonchev–Trinajstić information content (AvgIpc) is 3.33. The maximum atomic E-state index is 12.8. The molecule has 8 nitrogen and oxygen atoms in total. The van der Waals surface area contributed by atoms with Crippen LogP contribution in [0.5, 0.6) is 0 Å². The number of nitrogens with zero attached hydrogens (tertiary/aromatic N) is 3. The average molecular weight is 375 g/mol. The van der Waals surface area contributed by atoms with Crippen molar-refractivity contribution in [2.24, 2.45) is 0 Å². The van der Waals surface area contributed by atoms with Gasteiger partial charge in [-0.3, -0.25) is 15.0 Å². The Kier molecular flexibility index (Phi) is 4.15. The molecule has 1 unspecified atom stereocenters. The quantitative estimate of drug-likeness (QED) is 0.682. The van der Waals surface area contributed by atoms with Crippen molar-refractivity contribution in [1.82, 2.24) is 25.3 Å². The zero-order chi connectivity index (χ0) is 19.7. The second-order valence-electron chi connectivity index (χ2n) is 6.52. The minimum Gasteiger partial charge on any atom is -0.318 e. The molecule has 1 aliphatic heterocycles. The number of urea groups is 1. The Morgan fingerprint density at radius 1 is 1.07 bits per heavy atom. The highest BCUT2D eigenvalue weighted by atomic mass is 16.2. The smallest absolute Gasteiger partial charge is 0.318 e. The molecule has 28 heavy (non-hydrogen) atoms. The van der Waals surface area contributed by atoms with E-state index in [0.717, 1.165) is 10.7 Å². The van der Waals surface area contributed by atoms with Crippen LogP contribution in [0.15, 0.2) is 73.3 Å². The van der Waals surface area contributed by atoms with E-state index in [2.05, 4.69) is 15.7 Å². The third-order valence-electron chi connectivity index (χ3n) is 4.69. The first-order chi connectivity index (χ1) is 13.5. The molecule has 2 heterocycles. The molecular formula is C20H17N5O3. The molecule has 1 saturated heterocycles. The third kappa shape index (κ3) is 2.90. The summed E-state index contributed by atoms with van der Waals surface area (Å²) in [7, 11) is 0. The van der Waals surface area contributed by atoms with Gasteiger partial charge in [0.25, 0.3) is 11.8 Å². The number of imidazole rings is 1. The summed E-state index contributed by atoms with van der Waals surface area (Å²) in [5, 5.41) is 3.36. The van der Waals surface area contributed by atoms with Crippen LogP contribution in [0.1, 0.15) is 22.8 Å². The van der Waals surface area contributed by atoms with Crippen molar-refractivity contribution in [3.8, 4) is 5.69 Å². The molecule has 4 amide bonds. The number of carbonyl (C=O) groups is 3. The highest BCUT2D eigenvalue weighted by Gasteiger charge is 2.50. The van der Waals surface area contributed by atoms with Crippen LogP contribution in [-0.2, 0) is 10.3 Å². The normalized spacial score (nSPS) is 18.8. The Hall–Kier alpha value is -3.94. The lowest BCUT2D eigenvalue weighted by Gasteiger charge is -2.22. The molecule has 0 radical (unpaired) electrons. The molecule has 1 aromatic heterocycles. The molecule has 0 aliphatic carbocycles. The van der Waals surface area contributed by atoms with E-state index < -0.39 is 23.4 Å². The van der Waals surface area contributed by atoms with Gasteiger partial charge >= 0.3 is 6.03 Å². The number of nitrogens with one attached hydrogen (secondary N) is 2. The van der Waals surface area contributed by atoms with Gasteiger partial charge < -0.3 is 9.88 Å². The van der Waals surface area contributed by atoms with E-state index in [1.54, 1.807) is 78.7 Å². The zero-order valence-electron chi connectivity index (χ0n) is 15.0. The van der Waals surface area contributed by atoms with E-state index in [4.69, 9.17) is 0 Å². The molecule has 2 aromatic carbocycles. The lowest BCUT2D eigenvalue weighted by Crippen LogP contribution is -2.47. The van der Waals surface area contributed by atoms with Crippen molar-refractivity contribution in [3.05, 3.63) is 84.4 Å². The first kappa shape index (κ1) is 17.5. The van der Waals surface area contributed by atoms with Gasteiger partial charge in [0.15, 0.2) is 0 Å². The van der Waals surface area contributed by atoms with Crippen LogP contribution in [0.4, 0.5) is 4.79 Å². The first-order valence-corrected chi connectivity index (χ1v) is 8.60. The highest BCUT2D eigenvalue weighted by molar-refractivity contribution is 6.09.